The van der Waals surface area contributed by atoms with E-state index in [9.17, 15) is 22.9 Å². The molecule has 4 nitrogen and oxygen atoms in total. The summed E-state index contributed by atoms with van der Waals surface area (Å²) < 4.78 is 38.2. The number of allylic oxidation sites excluding steroid dienone is 3. The maximum Gasteiger partial charge on any atom is 0.180 e. The minimum absolute atomic E-state index is 0.00233. The van der Waals surface area contributed by atoms with Crippen molar-refractivity contribution in [2.45, 2.75) is 36.9 Å². The van der Waals surface area contributed by atoms with Crippen LogP contribution >= 0.6 is 0 Å². The Morgan fingerprint density at radius 1 is 1.23 bits per heavy atom. The summed E-state index contributed by atoms with van der Waals surface area (Å²) in [5.74, 6) is -0.402. The first kappa shape index (κ1) is 18.5. The highest BCUT2D eigenvalue weighted by atomic mass is 32.2. The third kappa shape index (κ3) is 3.49. The zero-order valence-corrected chi connectivity index (χ0v) is 15.1. The maximum atomic E-state index is 13.9. The minimum atomic E-state index is -3.73. The van der Waals surface area contributed by atoms with Gasteiger partial charge in [-0.15, -0.1) is 0 Å². The molecule has 3 rings (SSSR count). The summed E-state index contributed by atoms with van der Waals surface area (Å²) in [6.45, 7) is 0. The number of hydrogen-bond acceptors (Lipinski definition) is 4. The molecule has 1 unspecified atom stereocenters. The van der Waals surface area contributed by atoms with E-state index in [0.29, 0.717) is 36.8 Å². The number of carbonyl (C=O) groups is 1. The average molecular weight is 373 g/mol. The van der Waals surface area contributed by atoms with E-state index in [1.807, 2.05) is 6.07 Å². The molecule has 0 amide bonds. The molecule has 1 fully saturated rings. The van der Waals surface area contributed by atoms with Crippen LogP contribution in [0.5, 0.6) is 0 Å². The molecule has 0 bridgehead atoms. The number of halogens is 1. The van der Waals surface area contributed by atoms with Gasteiger partial charge in [-0.25, -0.2) is 12.8 Å². The van der Waals surface area contributed by atoms with Gasteiger partial charge in [0.25, 0.3) is 0 Å². The monoisotopic (exact) mass is 373 g/mol. The lowest BCUT2D eigenvalue weighted by Crippen LogP contribution is -2.40. The fourth-order valence-corrected chi connectivity index (χ4v) is 5.53. The average Bonchev–Trinajstić information content (AvgIpc) is 2.64. The van der Waals surface area contributed by atoms with Crippen LogP contribution in [0.4, 0.5) is 4.39 Å². The van der Waals surface area contributed by atoms with Crippen molar-refractivity contribution in [3.05, 3.63) is 53.9 Å². The first-order chi connectivity index (χ1) is 12.4. The lowest BCUT2D eigenvalue weighted by atomic mass is 9.90. The van der Waals surface area contributed by atoms with E-state index >= 15 is 0 Å². The van der Waals surface area contributed by atoms with Gasteiger partial charge in [0.2, 0.25) is 0 Å². The zero-order chi connectivity index (χ0) is 18.8. The summed E-state index contributed by atoms with van der Waals surface area (Å²) in [6.07, 6.45) is 6.45. The van der Waals surface area contributed by atoms with Crippen molar-refractivity contribution in [3.8, 4) is 6.07 Å². The maximum absolute atomic E-state index is 13.9. The van der Waals surface area contributed by atoms with E-state index in [-0.39, 0.29) is 29.7 Å². The summed E-state index contributed by atoms with van der Waals surface area (Å²) in [5.41, 5.74) is 0.964. The molecule has 1 aromatic carbocycles. The number of carbonyl (C=O) groups excluding carboxylic acids is 1. The number of Topliss-reactive ketones (excluding diaryl/α,β-unsaturated/α-hetero) is 1. The second-order valence-electron chi connectivity index (χ2n) is 6.94. The molecule has 0 saturated heterocycles. The van der Waals surface area contributed by atoms with Gasteiger partial charge in [-0.3, -0.25) is 4.79 Å². The van der Waals surface area contributed by atoms with E-state index in [1.165, 1.54) is 18.2 Å². The Labute approximate surface area is 152 Å². The van der Waals surface area contributed by atoms with Crippen molar-refractivity contribution in [2.24, 2.45) is 5.92 Å². The molecule has 136 valence electrons. The van der Waals surface area contributed by atoms with Crippen molar-refractivity contribution < 1.29 is 17.6 Å². The molecule has 0 radical (unpaired) electrons. The largest absolute Gasteiger partial charge is 0.300 e. The molecule has 2 aliphatic carbocycles. The SMILES string of the molecule is N#CC1(S(=O)(=O)CC2CCC(=O)CC2)C=CC(c2ccccc2F)=CC1. The second-order valence-corrected chi connectivity index (χ2v) is 9.23. The molecular weight excluding hydrogens is 353 g/mol. The van der Waals surface area contributed by atoms with Gasteiger partial charge in [0.15, 0.2) is 14.6 Å². The van der Waals surface area contributed by atoms with Gasteiger partial charge >= 0.3 is 0 Å². The summed E-state index contributed by atoms with van der Waals surface area (Å²) in [5, 5.41) is 9.62. The van der Waals surface area contributed by atoms with Crippen LogP contribution in [0.25, 0.3) is 5.57 Å². The highest BCUT2D eigenvalue weighted by Crippen LogP contribution is 2.35. The first-order valence-corrected chi connectivity index (χ1v) is 10.3. The third-order valence-corrected chi connectivity index (χ3v) is 7.62. The number of sulfone groups is 1. The molecule has 1 aromatic rings. The molecule has 0 aromatic heterocycles. The minimum Gasteiger partial charge on any atom is -0.300 e. The molecule has 6 heteroatoms. The molecule has 26 heavy (non-hydrogen) atoms. The predicted octanol–water partition coefficient (Wildman–Crippen LogP) is 3.61. The number of benzene rings is 1. The standard InChI is InChI=1S/C20H20FNO3S/c21-19-4-2-1-3-18(19)16-9-11-20(14-22,12-10-16)26(24,25)13-15-5-7-17(23)8-6-15/h1-4,9-11,15H,5-8,12-13H2. The van der Waals surface area contributed by atoms with Crippen LogP contribution in [-0.2, 0) is 14.6 Å². The van der Waals surface area contributed by atoms with Gasteiger partial charge in [-0.2, -0.15) is 5.26 Å². The first-order valence-electron chi connectivity index (χ1n) is 8.66. The predicted molar refractivity (Wildman–Crippen MR) is 97.2 cm³/mol. The summed E-state index contributed by atoms with van der Waals surface area (Å²) in [7, 11) is -3.73. The highest BCUT2D eigenvalue weighted by molar-refractivity contribution is 7.93. The summed E-state index contributed by atoms with van der Waals surface area (Å²) in [4.78, 5) is 11.3. The smallest absolute Gasteiger partial charge is 0.180 e. The lowest BCUT2D eigenvalue weighted by molar-refractivity contribution is -0.120. The fraction of sp³-hybridized carbons (Fsp3) is 0.400. The van der Waals surface area contributed by atoms with Gasteiger partial charge in [0.1, 0.15) is 11.6 Å². The molecule has 2 aliphatic rings. The van der Waals surface area contributed by atoms with Crippen LogP contribution in [0.3, 0.4) is 0 Å². The Morgan fingerprint density at radius 3 is 2.50 bits per heavy atom. The Morgan fingerprint density at radius 2 is 1.92 bits per heavy atom. The normalized spacial score (nSPS) is 24.2. The van der Waals surface area contributed by atoms with E-state index in [1.54, 1.807) is 24.3 Å². The number of nitriles is 1. The van der Waals surface area contributed by atoms with Crippen LogP contribution in [0.2, 0.25) is 0 Å². The molecular formula is C20H20FNO3S. The topological polar surface area (TPSA) is 75.0 Å². The Bertz CT molecular complexity index is 917. The Kier molecular flexibility index (Phi) is 5.10. The van der Waals surface area contributed by atoms with Crippen LogP contribution in [-0.4, -0.2) is 24.7 Å². The molecule has 0 spiro atoms. The van der Waals surface area contributed by atoms with Crippen molar-refractivity contribution in [2.75, 3.05) is 5.75 Å². The molecule has 1 saturated carbocycles. The van der Waals surface area contributed by atoms with E-state index < -0.39 is 14.6 Å². The van der Waals surface area contributed by atoms with Gasteiger partial charge in [-0.05, 0) is 36.5 Å². The number of hydrogen-bond donors (Lipinski definition) is 0. The molecule has 1 atom stereocenters. The lowest BCUT2D eigenvalue weighted by Gasteiger charge is -2.28. The van der Waals surface area contributed by atoms with Gasteiger partial charge in [0, 0.05) is 24.8 Å². The third-order valence-electron chi connectivity index (χ3n) is 5.20. The van der Waals surface area contributed by atoms with E-state index in [4.69, 9.17) is 0 Å². The van der Waals surface area contributed by atoms with Crippen molar-refractivity contribution in [1.29, 1.82) is 5.26 Å². The zero-order valence-electron chi connectivity index (χ0n) is 14.3. The number of ketones is 1. The number of rotatable bonds is 4. The van der Waals surface area contributed by atoms with Gasteiger partial charge in [-0.1, -0.05) is 30.4 Å². The van der Waals surface area contributed by atoms with Gasteiger partial charge < -0.3 is 0 Å². The van der Waals surface area contributed by atoms with Crippen molar-refractivity contribution in [3.63, 3.8) is 0 Å². The van der Waals surface area contributed by atoms with Crippen molar-refractivity contribution >= 4 is 21.2 Å². The second kappa shape index (κ2) is 7.16. The molecule has 0 heterocycles. The quantitative estimate of drug-likeness (QED) is 0.808. The fourth-order valence-electron chi connectivity index (χ4n) is 3.53. The number of nitrogens with zero attached hydrogens (tertiary/aromatic N) is 1. The van der Waals surface area contributed by atoms with Crippen LogP contribution in [0.15, 0.2) is 42.5 Å². The molecule has 0 N–H and O–H groups in total. The van der Waals surface area contributed by atoms with Crippen LogP contribution in [0, 0.1) is 23.1 Å². The van der Waals surface area contributed by atoms with E-state index in [2.05, 4.69) is 0 Å². The Balaban J connectivity index is 1.81. The van der Waals surface area contributed by atoms with Gasteiger partial charge in [0.05, 0.1) is 11.8 Å². The van der Waals surface area contributed by atoms with Crippen LogP contribution < -0.4 is 0 Å². The van der Waals surface area contributed by atoms with Crippen molar-refractivity contribution in [1.82, 2.24) is 0 Å². The summed E-state index contributed by atoms with van der Waals surface area (Å²) >= 11 is 0. The summed E-state index contributed by atoms with van der Waals surface area (Å²) in [6, 6.07) is 8.23. The highest BCUT2D eigenvalue weighted by Gasteiger charge is 2.43. The molecule has 0 aliphatic heterocycles. The van der Waals surface area contributed by atoms with Crippen LogP contribution in [0.1, 0.15) is 37.7 Å². The Hall–Kier alpha value is -2.26. The van der Waals surface area contributed by atoms with E-state index in [0.717, 1.165) is 0 Å².